The quantitative estimate of drug-likeness (QED) is 0.323. The van der Waals surface area contributed by atoms with E-state index in [4.69, 9.17) is 0 Å². The molecule has 0 saturated carbocycles. The van der Waals surface area contributed by atoms with Crippen molar-refractivity contribution in [3.8, 4) is 5.69 Å². The van der Waals surface area contributed by atoms with E-state index in [9.17, 15) is 4.39 Å². The number of hydrogen-bond donors (Lipinski definition) is 1. The van der Waals surface area contributed by atoms with E-state index in [1.165, 1.54) is 12.1 Å². The summed E-state index contributed by atoms with van der Waals surface area (Å²) in [4.78, 5) is 6.63. The molecule has 148 valence electrons. The Kier molecular flexibility index (Phi) is 8.37. The second-order valence-corrected chi connectivity index (χ2v) is 6.11. The highest BCUT2D eigenvalue weighted by atomic mass is 127. The van der Waals surface area contributed by atoms with Crippen molar-refractivity contribution in [2.75, 3.05) is 13.6 Å². The van der Waals surface area contributed by atoms with Gasteiger partial charge in [0.05, 0.1) is 0 Å². The number of nitrogens with zero attached hydrogens (tertiary/aromatic N) is 5. The topological polar surface area (TPSA) is 58.3 Å². The van der Waals surface area contributed by atoms with Gasteiger partial charge in [0.15, 0.2) is 11.8 Å². The molecule has 6 nitrogen and oxygen atoms in total. The van der Waals surface area contributed by atoms with Gasteiger partial charge < -0.3 is 10.2 Å². The van der Waals surface area contributed by atoms with Gasteiger partial charge in [-0.05, 0) is 36.8 Å². The SMILES string of the molecule is CCNC(=NCc1nncn1-c1ccccc1)N(C)Cc1cccc(F)c1.I. The molecule has 8 heteroatoms. The number of hydrogen-bond acceptors (Lipinski definition) is 3. The summed E-state index contributed by atoms with van der Waals surface area (Å²) >= 11 is 0. The van der Waals surface area contributed by atoms with Crippen LogP contribution >= 0.6 is 24.0 Å². The number of guanidine groups is 1. The average Bonchev–Trinajstić information content (AvgIpc) is 3.14. The molecule has 0 saturated heterocycles. The van der Waals surface area contributed by atoms with Crippen LogP contribution in [0.3, 0.4) is 0 Å². The largest absolute Gasteiger partial charge is 0.357 e. The monoisotopic (exact) mass is 494 g/mol. The Labute approximate surface area is 181 Å². The Balaban J connectivity index is 0.00000280. The number of aliphatic imine (C=N–C) groups is 1. The highest BCUT2D eigenvalue weighted by Crippen LogP contribution is 2.10. The van der Waals surface area contributed by atoms with Crippen molar-refractivity contribution in [2.24, 2.45) is 4.99 Å². The van der Waals surface area contributed by atoms with Crippen molar-refractivity contribution >= 4 is 29.9 Å². The Morgan fingerprint density at radius 1 is 1.18 bits per heavy atom. The average molecular weight is 494 g/mol. The number of nitrogens with one attached hydrogen (secondary N) is 1. The maximum atomic E-state index is 13.4. The number of benzene rings is 2. The van der Waals surface area contributed by atoms with Crippen LogP contribution in [0.15, 0.2) is 65.9 Å². The first kappa shape index (κ1) is 21.8. The lowest BCUT2D eigenvalue weighted by Gasteiger charge is -2.22. The molecule has 1 aromatic heterocycles. The summed E-state index contributed by atoms with van der Waals surface area (Å²) in [5.41, 5.74) is 1.88. The van der Waals surface area contributed by atoms with Gasteiger partial charge in [-0.3, -0.25) is 4.57 Å². The van der Waals surface area contributed by atoms with E-state index < -0.39 is 0 Å². The van der Waals surface area contributed by atoms with E-state index in [-0.39, 0.29) is 29.8 Å². The molecule has 0 unspecified atom stereocenters. The molecule has 3 aromatic rings. The zero-order valence-corrected chi connectivity index (χ0v) is 18.2. The van der Waals surface area contributed by atoms with E-state index in [1.807, 2.05) is 59.8 Å². The predicted molar refractivity (Wildman–Crippen MR) is 119 cm³/mol. The summed E-state index contributed by atoms with van der Waals surface area (Å²) in [6.45, 7) is 3.68. The maximum absolute atomic E-state index is 13.4. The van der Waals surface area contributed by atoms with E-state index >= 15 is 0 Å². The van der Waals surface area contributed by atoms with Crippen molar-refractivity contribution in [1.29, 1.82) is 0 Å². The Bertz CT molecular complexity index is 896. The number of halogens is 2. The fourth-order valence-corrected chi connectivity index (χ4v) is 2.77. The van der Waals surface area contributed by atoms with Gasteiger partial charge in [-0.2, -0.15) is 0 Å². The standard InChI is InChI=1S/C20H23FN6.HI/c1-3-22-20(26(2)14-16-8-7-9-17(21)12-16)23-13-19-25-24-15-27(19)18-10-5-4-6-11-18;/h4-12,15H,3,13-14H2,1-2H3,(H,22,23);1H. The van der Waals surface area contributed by atoms with Crippen LogP contribution in [0.5, 0.6) is 0 Å². The van der Waals surface area contributed by atoms with Gasteiger partial charge in [-0.1, -0.05) is 30.3 Å². The summed E-state index contributed by atoms with van der Waals surface area (Å²) in [7, 11) is 1.92. The van der Waals surface area contributed by atoms with Crippen LogP contribution in [0.1, 0.15) is 18.3 Å². The summed E-state index contributed by atoms with van der Waals surface area (Å²) < 4.78 is 15.3. The molecule has 0 spiro atoms. The molecule has 0 aliphatic heterocycles. The third-order valence-electron chi connectivity index (χ3n) is 4.03. The molecule has 1 heterocycles. The van der Waals surface area contributed by atoms with Crippen LogP contribution in [0.2, 0.25) is 0 Å². The van der Waals surface area contributed by atoms with Crippen molar-refractivity contribution in [2.45, 2.75) is 20.0 Å². The Hall–Kier alpha value is -2.49. The molecule has 1 N–H and O–H groups in total. The molecular formula is C20H24FIN6. The molecule has 0 aliphatic carbocycles. The number of aromatic nitrogens is 3. The van der Waals surface area contributed by atoms with Gasteiger partial charge in [0.1, 0.15) is 18.7 Å². The third kappa shape index (κ3) is 5.75. The summed E-state index contributed by atoms with van der Waals surface area (Å²) in [5, 5.41) is 11.5. The first-order valence-corrected chi connectivity index (χ1v) is 8.85. The zero-order chi connectivity index (χ0) is 19.1. The molecular weight excluding hydrogens is 470 g/mol. The van der Waals surface area contributed by atoms with Gasteiger partial charge >= 0.3 is 0 Å². The second kappa shape index (κ2) is 10.7. The lowest BCUT2D eigenvalue weighted by atomic mass is 10.2. The van der Waals surface area contributed by atoms with Crippen LogP contribution < -0.4 is 5.32 Å². The van der Waals surface area contributed by atoms with Crippen LogP contribution in [-0.2, 0) is 13.1 Å². The minimum Gasteiger partial charge on any atom is -0.357 e. The molecule has 0 aliphatic rings. The fraction of sp³-hybridized carbons (Fsp3) is 0.250. The van der Waals surface area contributed by atoms with Gasteiger partial charge in [0.25, 0.3) is 0 Å². The smallest absolute Gasteiger partial charge is 0.194 e. The van der Waals surface area contributed by atoms with E-state index in [0.29, 0.717) is 13.1 Å². The van der Waals surface area contributed by atoms with Gasteiger partial charge in [-0.15, -0.1) is 34.2 Å². The highest BCUT2D eigenvalue weighted by molar-refractivity contribution is 14.0. The van der Waals surface area contributed by atoms with Crippen molar-refractivity contribution in [3.05, 3.63) is 78.1 Å². The van der Waals surface area contributed by atoms with Crippen molar-refractivity contribution < 1.29 is 4.39 Å². The second-order valence-electron chi connectivity index (χ2n) is 6.11. The van der Waals surface area contributed by atoms with Crippen molar-refractivity contribution in [3.63, 3.8) is 0 Å². The maximum Gasteiger partial charge on any atom is 0.194 e. The van der Waals surface area contributed by atoms with E-state index in [2.05, 4.69) is 20.5 Å². The normalized spacial score (nSPS) is 11.0. The predicted octanol–water partition coefficient (Wildman–Crippen LogP) is 3.62. The van der Waals surface area contributed by atoms with Gasteiger partial charge in [0.2, 0.25) is 0 Å². The first-order valence-electron chi connectivity index (χ1n) is 8.85. The Morgan fingerprint density at radius 2 is 1.96 bits per heavy atom. The molecule has 2 aromatic carbocycles. The summed E-state index contributed by atoms with van der Waals surface area (Å²) in [5.74, 6) is 1.24. The van der Waals surface area contributed by atoms with Crippen molar-refractivity contribution in [1.82, 2.24) is 25.0 Å². The zero-order valence-electron chi connectivity index (χ0n) is 15.9. The lowest BCUT2D eigenvalue weighted by molar-refractivity contribution is 0.474. The lowest BCUT2D eigenvalue weighted by Crippen LogP contribution is -2.38. The number of para-hydroxylation sites is 1. The minimum atomic E-state index is -0.237. The van der Waals surface area contributed by atoms with Gasteiger partial charge in [-0.25, -0.2) is 9.38 Å². The van der Waals surface area contributed by atoms with Crippen LogP contribution in [0, 0.1) is 5.82 Å². The van der Waals surface area contributed by atoms with Crippen LogP contribution in [-0.4, -0.2) is 39.2 Å². The highest BCUT2D eigenvalue weighted by Gasteiger charge is 2.10. The third-order valence-corrected chi connectivity index (χ3v) is 4.03. The minimum absolute atomic E-state index is 0. The number of rotatable bonds is 6. The summed E-state index contributed by atoms with van der Waals surface area (Å²) in [6, 6.07) is 16.5. The Morgan fingerprint density at radius 3 is 2.68 bits per heavy atom. The molecule has 0 fully saturated rings. The molecule has 0 amide bonds. The first-order chi connectivity index (χ1) is 13.2. The molecule has 0 bridgehead atoms. The molecule has 0 atom stereocenters. The molecule has 3 rings (SSSR count). The van der Waals surface area contributed by atoms with Crippen LogP contribution in [0.4, 0.5) is 4.39 Å². The fourth-order valence-electron chi connectivity index (χ4n) is 2.77. The van der Waals surface area contributed by atoms with E-state index in [1.54, 1.807) is 12.4 Å². The van der Waals surface area contributed by atoms with E-state index in [0.717, 1.165) is 29.6 Å². The van der Waals surface area contributed by atoms with Gasteiger partial charge in [0, 0.05) is 25.8 Å². The summed E-state index contributed by atoms with van der Waals surface area (Å²) in [6.07, 6.45) is 1.68. The van der Waals surface area contributed by atoms with Crippen LogP contribution in [0.25, 0.3) is 5.69 Å². The molecule has 0 radical (unpaired) electrons. The molecule has 28 heavy (non-hydrogen) atoms.